The highest BCUT2D eigenvalue weighted by molar-refractivity contribution is 7.99. The third-order valence-electron chi connectivity index (χ3n) is 1.13. The standard InChI is InChI=1S/C7H17NOS/c1-9-5-3-7-10-6-2-4-8/h2-8H2,1H3. The van der Waals surface area contributed by atoms with Crippen LogP contribution in [0, 0.1) is 0 Å². The highest BCUT2D eigenvalue weighted by Gasteiger charge is 1.87. The van der Waals surface area contributed by atoms with Crippen LogP contribution in [0.5, 0.6) is 0 Å². The van der Waals surface area contributed by atoms with Crippen molar-refractivity contribution in [2.24, 2.45) is 5.73 Å². The van der Waals surface area contributed by atoms with E-state index in [0.29, 0.717) is 0 Å². The van der Waals surface area contributed by atoms with Crippen LogP contribution in [-0.4, -0.2) is 31.8 Å². The molecule has 3 heteroatoms. The van der Waals surface area contributed by atoms with Crippen LogP contribution in [0.3, 0.4) is 0 Å². The molecule has 0 aliphatic rings. The molecule has 0 aromatic carbocycles. The molecule has 0 rings (SSSR count). The molecule has 0 spiro atoms. The molecule has 0 saturated heterocycles. The van der Waals surface area contributed by atoms with Gasteiger partial charge < -0.3 is 10.5 Å². The summed E-state index contributed by atoms with van der Waals surface area (Å²) in [5.41, 5.74) is 5.33. The van der Waals surface area contributed by atoms with Gasteiger partial charge in [-0.05, 0) is 30.9 Å². The van der Waals surface area contributed by atoms with Gasteiger partial charge in [0.25, 0.3) is 0 Å². The molecule has 0 bridgehead atoms. The number of ether oxygens (including phenoxy) is 1. The lowest BCUT2D eigenvalue weighted by Crippen LogP contribution is -2.00. The Hall–Kier alpha value is 0.270. The Kier molecular flexibility index (Phi) is 9.52. The second-order valence-corrected chi connectivity index (χ2v) is 3.33. The van der Waals surface area contributed by atoms with Crippen LogP contribution in [-0.2, 0) is 4.74 Å². The Morgan fingerprint density at radius 1 is 1.30 bits per heavy atom. The molecule has 0 fully saturated rings. The molecule has 0 atom stereocenters. The molecule has 2 nitrogen and oxygen atoms in total. The zero-order valence-corrected chi connectivity index (χ0v) is 7.45. The summed E-state index contributed by atoms with van der Waals surface area (Å²) < 4.78 is 4.91. The van der Waals surface area contributed by atoms with Gasteiger partial charge in [-0.2, -0.15) is 11.8 Å². The van der Waals surface area contributed by atoms with E-state index in [1.54, 1.807) is 7.11 Å². The number of hydrogen-bond acceptors (Lipinski definition) is 3. The van der Waals surface area contributed by atoms with Crippen molar-refractivity contribution in [2.45, 2.75) is 12.8 Å². The van der Waals surface area contributed by atoms with Gasteiger partial charge in [-0.15, -0.1) is 0 Å². The average Bonchev–Trinajstić information content (AvgIpc) is 1.97. The molecule has 0 heterocycles. The van der Waals surface area contributed by atoms with E-state index in [0.717, 1.165) is 26.0 Å². The first-order valence-corrected chi connectivity index (χ1v) is 4.84. The van der Waals surface area contributed by atoms with E-state index in [4.69, 9.17) is 10.5 Å². The number of hydrogen-bond donors (Lipinski definition) is 1. The summed E-state index contributed by atoms with van der Waals surface area (Å²) in [5.74, 6) is 2.40. The molecule has 0 saturated carbocycles. The summed E-state index contributed by atoms with van der Waals surface area (Å²) in [5, 5.41) is 0. The van der Waals surface area contributed by atoms with Crippen LogP contribution in [0.4, 0.5) is 0 Å². The molecule has 0 aliphatic heterocycles. The zero-order valence-electron chi connectivity index (χ0n) is 6.64. The van der Waals surface area contributed by atoms with Crippen molar-refractivity contribution in [3.63, 3.8) is 0 Å². The maximum Gasteiger partial charge on any atom is 0.0470 e. The number of nitrogens with two attached hydrogens (primary N) is 1. The van der Waals surface area contributed by atoms with Crippen molar-refractivity contribution in [3.8, 4) is 0 Å². The highest BCUT2D eigenvalue weighted by atomic mass is 32.2. The molecule has 0 amide bonds. The maximum atomic E-state index is 5.33. The molecular weight excluding hydrogens is 146 g/mol. The van der Waals surface area contributed by atoms with Crippen molar-refractivity contribution in [2.75, 3.05) is 31.8 Å². The Bertz CT molecular complexity index is 53.6. The fourth-order valence-electron chi connectivity index (χ4n) is 0.593. The first-order valence-electron chi connectivity index (χ1n) is 3.68. The van der Waals surface area contributed by atoms with E-state index in [-0.39, 0.29) is 0 Å². The smallest absolute Gasteiger partial charge is 0.0470 e. The summed E-state index contributed by atoms with van der Waals surface area (Å²) >= 11 is 1.96. The van der Waals surface area contributed by atoms with Gasteiger partial charge in [0.1, 0.15) is 0 Å². The second kappa shape index (κ2) is 9.27. The highest BCUT2D eigenvalue weighted by Crippen LogP contribution is 2.03. The summed E-state index contributed by atoms with van der Waals surface area (Å²) in [6, 6.07) is 0. The van der Waals surface area contributed by atoms with Gasteiger partial charge in [-0.25, -0.2) is 0 Å². The third kappa shape index (κ3) is 8.27. The van der Waals surface area contributed by atoms with E-state index in [2.05, 4.69) is 0 Å². The van der Waals surface area contributed by atoms with E-state index >= 15 is 0 Å². The van der Waals surface area contributed by atoms with E-state index in [1.165, 1.54) is 11.5 Å². The summed E-state index contributed by atoms with van der Waals surface area (Å²) in [6.45, 7) is 1.70. The molecule has 0 aromatic heterocycles. The molecule has 0 aliphatic carbocycles. The van der Waals surface area contributed by atoms with Crippen LogP contribution in [0.15, 0.2) is 0 Å². The Balaban J connectivity index is 2.65. The van der Waals surface area contributed by atoms with E-state index in [9.17, 15) is 0 Å². The first-order chi connectivity index (χ1) is 4.91. The second-order valence-electron chi connectivity index (χ2n) is 2.10. The van der Waals surface area contributed by atoms with Gasteiger partial charge in [0, 0.05) is 13.7 Å². The normalized spacial score (nSPS) is 10.2. The molecule has 62 valence electrons. The van der Waals surface area contributed by atoms with Gasteiger partial charge in [-0.1, -0.05) is 0 Å². The van der Waals surface area contributed by atoms with Crippen LogP contribution in [0.25, 0.3) is 0 Å². The zero-order chi connectivity index (χ0) is 7.66. The van der Waals surface area contributed by atoms with Gasteiger partial charge in [0.05, 0.1) is 0 Å². The van der Waals surface area contributed by atoms with Crippen LogP contribution in [0.2, 0.25) is 0 Å². The quantitative estimate of drug-likeness (QED) is 0.571. The van der Waals surface area contributed by atoms with Crippen molar-refractivity contribution < 1.29 is 4.74 Å². The predicted octanol–water partition coefficient (Wildman–Crippen LogP) is 1.10. The van der Waals surface area contributed by atoms with Crippen molar-refractivity contribution in [3.05, 3.63) is 0 Å². The monoisotopic (exact) mass is 163 g/mol. The molecule has 0 radical (unpaired) electrons. The predicted molar refractivity (Wildman–Crippen MR) is 47.5 cm³/mol. The molecule has 0 aromatic rings. The Morgan fingerprint density at radius 3 is 2.60 bits per heavy atom. The molecule has 10 heavy (non-hydrogen) atoms. The fourth-order valence-corrected chi connectivity index (χ4v) is 1.49. The number of rotatable bonds is 7. The molecule has 2 N–H and O–H groups in total. The minimum atomic E-state index is 0.817. The molecular formula is C7H17NOS. The van der Waals surface area contributed by atoms with Crippen molar-refractivity contribution in [1.29, 1.82) is 0 Å². The topological polar surface area (TPSA) is 35.2 Å². The average molecular weight is 163 g/mol. The minimum Gasteiger partial charge on any atom is -0.385 e. The summed E-state index contributed by atoms with van der Waals surface area (Å²) in [6.07, 6.45) is 2.30. The number of methoxy groups -OCH3 is 1. The largest absolute Gasteiger partial charge is 0.385 e. The Labute approximate surface area is 67.5 Å². The van der Waals surface area contributed by atoms with E-state index in [1.807, 2.05) is 11.8 Å². The van der Waals surface area contributed by atoms with Gasteiger partial charge in [-0.3, -0.25) is 0 Å². The summed E-state index contributed by atoms with van der Waals surface area (Å²) in [4.78, 5) is 0. The fraction of sp³-hybridized carbons (Fsp3) is 1.00. The lowest BCUT2D eigenvalue weighted by Gasteiger charge is -1.98. The van der Waals surface area contributed by atoms with Crippen LogP contribution >= 0.6 is 11.8 Å². The first kappa shape index (κ1) is 10.3. The molecule has 0 unspecified atom stereocenters. The van der Waals surface area contributed by atoms with Gasteiger partial charge >= 0.3 is 0 Å². The van der Waals surface area contributed by atoms with E-state index < -0.39 is 0 Å². The minimum absolute atomic E-state index is 0.817. The lowest BCUT2D eigenvalue weighted by molar-refractivity contribution is 0.200. The van der Waals surface area contributed by atoms with Crippen LogP contribution in [0.1, 0.15) is 12.8 Å². The van der Waals surface area contributed by atoms with Crippen molar-refractivity contribution in [1.82, 2.24) is 0 Å². The summed E-state index contributed by atoms with van der Waals surface area (Å²) in [7, 11) is 1.74. The van der Waals surface area contributed by atoms with Gasteiger partial charge in [0.2, 0.25) is 0 Å². The Morgan fingerprint density at radius 2 is 2.00 bits per heavy atom. The van der Waals surface area contributed by atoms with Crippen molar-refractivity contribution >= 4 is 11.8 Å². The van der Waals surface area contributed by atoms with Gasteiger partial charge in [0.15, 0.2) is 0 Å². The van der Waals surface area contributed by atoms with Crippen LogP contribution < -0.4 is 5.73 Å². The lowest BCUT2D eigenvalue weighted by atomic mass is 10.5. The maximum absolute atomic E-state index is 5.33. The number of thioether (sulfide) groups is 1. The third-order valence-corrected chi connectivity index (χ3v) is 2.28. The SMILES string of the molecule is COCCCSCCCN.